The van der Waals surface area contributed by atoms with Gasteiger partial charge in [-0.15, -0.1) is 0 Å². The van der Waals surface area contributed by atoms with Crippen LogP contribution in [-0.2, 0) is 0 Å². The SMILES string of the molecule is O=C(Oc1ccc2ccccc2c1)c1cn(-c2ccccc2)nc1-c1ccncc1. The highest BCUT2D eigenvalue weighted by Gasteiger charge is 2.20. The number of nitrogens with zero attached hydrogens (tertiary/aromatic N) is 3. The third-order valence-electron chi connectivity index (χ3n) is 4.84. The topological polar surface area (TPSA) is 57.0 Å². The van der Waals surface area contributed by atoms with Gasteiger partial charge in [-0.2, -0.15) is 5.10 Å². The zero-order chi connectivity index (χ0) is 20.3. The van der Waals surface area contributed by atoms with Crippen LogP contribution in [0.15, 0.2) is 104 Å². The van der Waals surface area contributed by atoms with E-state index in [0.29, 0.717) is 17.0 Å². The molecule has 0 radical (unpaired) electrons. The summed E-state index contributed by atoms with van der Waals surface area (Å²) in [6.45, 7) is 0. The van der Waals surface area contributed by atoms with Crippen molar-refractivity contribution < 1.29 is 9.53 Å². The van der Waals surface area contributed by atoms with Crippen molar-refractivity contribution in [3.8, 4) is 22.7 Å². The van der Waals surface area contributed by atoms with E-state index in [1.54, 1.807) is 29.3 Å². The van der Waals surface area contributed by atoms with Crippen molar-refractivity contribution >= 4 is 16.7 Å². The molecular weight excluding hydrogens is 374 g/mol. The Morgan fingerprint density at radius 1 is 0.800 bits per heavy atom. The molecule has 0 aliphatic carbocycles. The molecule has 3 aromatic carbocycles. The zero-order valence-corrected chi connectivity index (χ0v) is 16.0. The van der Waals surface area contributed by atoms with Crippen molar-refractivity contribution in [3.05, 3.63) is 109 Å². The van der Waals surface area contributed by atoms with Crippen LogP contribution in [0.5, 0.6) is 5.75 Å². The van der Waals surface area contributed by atoms with Gasteiger partial charge in [0, 0.05) is 24.2 Å². The number of para-hydroxylation sites is 1. The zero-order valence-electron chi connectivity index (χ0n) is 16.0. The maximum atomic E-state index is 13.1. The highest BCUT2D eigenvalue weighted by atomic mass is 16.5. The van der Waals surface area contributed by atoms with Crippen molar-refractivity contribution in [2.75, 3.05) is 0 Å². The molecule has 0 spiro atoms. The first-order valence-electron chi connectivity index (χ1n) is 9.54. The summed E-state index contributed by atoms with van der Waals surface area (Å²) in [5.41, 5.74) is 2.59. The van der Waals surface area contributed by atoms with E-state index in [1.807, 2.05) is 78.9 Å². The number of pyridine rings is 1. The molecule has 0 saturated heterocycles. The van der Waals surface area contributed by atoms with Gasteiger partial charge in [0.15, 0.2) is 0 Å². The number of fused-ring (bicyclic) bond motifs is 1. The molecule has 5 aromatic rings. The molecule has 0 fully saturated rings. The largest absolute Gasteiger partial charge is 0.423 e. The standard InChI is InChI=1S/C25H17N3O2/c29-25(30-22-11-10-18-6-4-5-7-20(18)16-22)23-17-28(21-8-2-1-3-9-21)27-24(23)19-12-14-26-15-13-19/h1-17H. The molecule has 144 valence electrons. The summed E-state index contributed by atoms with van der Waals surface area (Å²) in [5, 5.41) is 6.75. The van der Waals surface area contributed by atoms with E-state index in [9.17, 15) is 4.79 Å². The van der Waals surface area contributed by atoms with E-state index in [0.717, 1.165) is 22.0 Å². The molecule has 0 atom stereocenters. The molecule has 0 bridgehead atoms. The number of aromatic nitrogens is 3. The quantitative estimate of drug-likeness (QED) is 0.308. The fraction of sp³-hybridized carbons (Fsp3) is 0. The Labute approximate surface area is 173 Å². The first kappa shape index (κ1) is 17.8. The van der Waals surface area contributed by atoms with E-state index < -0.39 is 5.97 Å². The summed E-state index contributed by atoms with van der Waals surface area (Å²) >= 11 is 0. The van der Waals surface area contributed by atoms with Crippen molar-refractivity contribution in [1.29, 1.82) is 0 Å². The van der Waals surface area contributed by atoms with Crippen LogP contribution in [0.3, 0.4) is 0 Å². The maximum absolute atomic E-state index is 13.1. The number of carbonyl (C=O) groups is 1. The lowest BCUT2D eigenvalue weighted by atomic mass is 10.1. The molecule has 0 aliphatic rings. The minimum absolute atomic E-state index is 0.387. The Kier molecular flexibility index (Phi) is 4.54. The van der Waals surface area contributed by atoms with Gasteiger partial charge in [-0.3, -0.25) is 4.98 Å². The Morgan fingerprint density at radius 2 is 1.53 bits per heavy atom. The number of esters is 1. The van der Waals surface area contributed by atoms with Crippen LogP contribution in [-0.4, -0.2) is 20.7 Å². The smallest absolute Gasteiger partial charge is 0.347 e. The predicted molar refractivity (Wildman–Crippen MR) is 116 cm³/mol. The van der Waals surface area contributed by atoms with Gasteiger partial charge in [0.25, 0.3) is 0 Å². The Bertz CT molecular complexity index is 1330. The van der Waals surface area contributed by atoms with Crippen LogP contribution in [0.2, 0.25) is 0 Å². The van der Waals surface area contributed by atoms with Gasteiger partial charge in [0.05, 0.1) is 5.69 Å². The molecule has 0 amide bonds. The average molecular weight is 391 g/mol. The lowest BCUT2D eigenvalue weighted by Crippen LogP contribution is -2.09. The third kappa shape index (κ3) is 3.44. The van der Waals surface area contributed by atoms with Gasteiger partial charge in [-0.25, -0.2) is 9.48 Å². The minimum Gasteiger partial charge on any atom is -0.423 e. The number of hydrogen-bond donors (Lipinski definition) is 0. The third-order valence-corrected chi connectivity index (χ3v) is 4.84. The van der Waals surface area contributed by atoms with Crippen molar-refractivity contribution in [2.45, 2.75) is 0 Å². The summed E-state index contributed by atoms with van der Waals surface area (Å²) in [4.78, 5) is 17.2. The van der Waals surface area contributed by atoms with Crippen LogP contribution in [0, 0.1) is 0 Å². The maximum Gasteiger partial charge on any atom is 0.347 e. The van der Waals surface area contributed by atoms with E-state index in [1.165, 1.54) is 0 Å². The second-order valence-corrected chi connectivity index (χ2v) is 6.81. The van der Waals surface area contributed by atoms with Crippen LogP contribution >= 0.6 is 0 Å². The molecule has 5 nitrogen and oxygen atoms in total. The van der Waals surface area contributed by atoms with E-state index in [2.05, 4.69) is 10.1 Å². The lowest BCUT2D eigenvalue weighted by Gasteiger charge is -2.06. The number of hydrogen-bond acceptors (Lipinski definition) is 4. The van der Waals surface area contributed by atoms with Gasteiger partial charge < -0.3 is 4.74 Å². The van der Waals surface area contributed by atoms with Crippen LogP contribution in [0.1, 0.15) is 10.4 Å². The first-order valence-corrected chi connectivity index (χ1v) is 9.54. The molecule has 0 aliphatic heterocycles. The summed E-state index contributed by atoms with van der Waals surface area (Å²) in [6.07, 6.45) is 5.05. The van der Waals surface area contributed by atoms with Gasteiger partial charge in [-0.05, 0) is 47.2 Å². The molecule has 5 heteroatoms. The normalized spacial score (nSPS) is 10.8. The van der Waals surface area contributed by atoms with E-state index >= 15 is 0 Å². The molecule has 30 heavy (non-hydrogen) atoms. The average Bonchev–Trinajstić information content (AvgIpc) is 3.26. The van der Waals surface area contributed by atoms with Gasteiger partial charge >= 0.3 is 5.97 Å². The monoisotopic (exact) mass is 391 g/mol. The van der Waals surface area contributed by atoms with Crippen LogP contribution < -0.4 is 4.74 Å². The summed E-state index contributed by atoms with van der Waals surface area (Å²) in [5.74, 6) is 0.0334. The Balaban J connectivity index is 1.54. The summed E-state index contributed by atoms with van der Waals surface area (Å²) in [6, 6.07) is 26.8. The summed E-state index contributed by atoms with van der Waals surface area (Å²) in [7, 11) is 0. The first-order chi connectivity index (χ1) is 14.8. The van der Waals surface area contributed by atoms with Crippen molar-refractivity contribution in [1.82, 2.24) is 14.8 Å². The molecule has 5 rings (SSSR count). The van der Waals surface area contributed by atoms with Gasteiger partial charge in [0.2, 0.25) is 0 Å². The van der Waals surface area contributed by atoms with Crippen LogP contribution in [0.4, 0.5) is 0 Å². The molecule has 2 aromatic heterocycles. The lowest BCUT2D eigenvalue weighted by molar-refractivity contribution is 0.0736. The number of rotatable bonds is 4. The number of carbonyl (C=O) groups excluding carboxylic acids is 1. The highest BCUT2D eigenvalue weighted by Crippen LogP contribution is 2.26. The molecule has 0 N–H and O–H groups in total. The summed E-state index contributed by atoms with van der Waals surface area (Å²) < 4.78 is 7.40. The highest BCUT2D eigenvalue weighted by molar-refractivity contribution is 5.97. The van der Waals surface area contributed by atoms with E-state index in [4.69, 9.17) is 4.74 Å². The molecule has 0 unspecified atom stereocenters. The van der Waals surface area contributed by atoms with E-state index in [-0.39, 0.29) is 0 Å². The fourth-order valence-corrected chi connectivity index (χ4v) is 3.35. The van der Waals surface area contributed by atoms with Crippen LogP contribution in [0.25, 0.3) is 27.7 Å². The number of ether oxygens (including phenoxy) is 1. The molecular formula is C25H17N3O2. The number of benzene rings is 3. The Morgan fingerprint density at radius 3 is 2.33 bits per heavy atom. The van der Waals surface area contributed by atoms with Gasteiger partial charge in [0.1, 0.15) is 17.0 Å². The predicted octanol–water partition coefficient (Wildman–Crippen LogP) is 5.31. The van der Waals surface area contributed by atoms with Crippen molar-refractivity contribution in [2.24, 2.45) is 0 Å². The van der Waals surface area contributed by atoms with Gasteiger partial charge in [-0.1, -0.05) is 48.5 Å². The molecule has 2 heterocycles. The Hall–Kier alpha value is -4.25. The second-order valence-electron chi connectivity index (χ2n) is 6.81. The van der Waals surface area contributed by atoms with Crippen molar-refractivity contribution in [3.63, 3.8) is 0 Å². The molecule has 0 saturated carbocycles. The second kappa shape index (κ2) is 7.64. The fourth-order valence-electron chi connectivity index (χ4n) is 3.35. The minimum atomic E-state index is -0.459.